The van der Waals surface area contributed by atoms with E-state index in [9.17, 15) is 34.8 Å². The molecule has 5 N–H and O–H groups in total. The first-order valence-corrected chi connectivity index (χ1v) is 20.8. The van der Waals surface area contributed by atoms with E-state index < -0.39 is 119 Å². The van der Waals surface area contributed by atoms with Crippen LogP contribution in [0.4, 0.5) is 4.79 Å². The van der Waals surface area contributed by atoms with Crippen molar-refractivity contribution in [3.63, 3.8) is 0 Å². The Morgan fingerprint density at radius 2 is 1.59 bits per heavy atom. The van der Waals surface area contributed by atoms with Gasteiger partial charge in [-0.25, -0.2) is 4.79 Å². The number of cyclic esters (lactones) is 1. The van der Waals surface area contributed by atoms with Crippen molar-refractivity contribution in [2.24, 2.45) is 29.6 Å². The Morgan fingerprint density at radius 1 is 0.931 bits per heavy atom. The van der Waals surface area contributed by atoms with E-state index >= 15 is 0 Å². The number of esters is 1. The molecule has 4 fully saturated rings. The molecular formula is C43H67NO14. The molecule has 0 bridgehead atoms. The van der Waals surface area contributed by atoms with Gasteiger partial charge in [-0.1, -0.05) is 65.0 Å². The van der Waals surface area contributed by atoms with Crippen LogP contribution in [0.2, 0.25) is 0 Å². The molecule has 1 aromatic rings. The molecule has 8 unspecified atom stereocenters. The van der Waals surface area contributed by atoms with Gasteiger partial charge < -0.3 is 58.9 Å². The lowest BCUT2D eigenvalue weighted by molar-refractivity contribution is -0.440. The van der Waals surface area contributed by atoms with Crippen molar-refractivity contribution in [2.75, 3.05) is 7.11 Å². The summed E-state index contributed by atoms with van der Waals surface area (Å²) in [5, 5.41) is 49.8. The fraction of sp³-hybridized carbons (Fsp3) is 0.791. The normalized spacial score (nSPS) is 46.6. The van der Waals surface area contributed by atoms with E-state index in [2.05, 4.69) is 5.32 Å². The molecule has 1 aromatic carbocycles. The van der Waals surface area contributed by atoms with Gasteiger partial charge in [0, 0.05) is 49.7 Å². The van der Waals surface area contributed by atoms with Crippen molar-refractivity contribution < 1.29 is 68.0 Å². The summed E-state index contributed by atoms with van der Waals surface area (Å²) < 4.78 is 43.4. The molecule has 4 saturated heterocycles. The molecule has 4 aliphatic heterocycles. The third-order valence-electron chi connectivity index (χ3n) is 13.5. The minimum atomic E-state index is -2.04. The largest absolute Gasteiger partial charge is 0.459 e. The number of fused-ring (bicyclic) bond motifs is 2. The van der Waals surface area contributed by atoms with Gasteiger partial charge >= 0.3 is 12.1 Å². The van der Waals surface area contributed by atoms with Gasteiger partial charge in [0.1, 0.15) is 36.1 Å². The molecule has 58 heavy (non-hydrogen) atoms. The quantitative estimate of drug-likeness (QED) is 0.248. The van der Waals surface area contributed by atoms with Crippen LogP contribution in [-0.2, 0) is 49.4 Å². The number of hydrogen-bond acceptors (Lipinski definition) is 14. The number of aliphatic hydroxyl groups excluding tert-OH is 2. The van der Waals surface area contributed by atoms with Gasteiger partial charge in [-0.15, -0.1) is 0 Å². The number of carbonyl (C=O) groups excluding carboxylic acids is 3. The third-order valence-corrected chi connectivity index (χ3v) is 13.5. The fourth-order valence-corrected chi connectivity index (χ4v) is 9.73. The summed E-state index contributed by atoms with van der Waals surface area (Å²) in [6.07, 6.45) is -8.84. The van der Waals surface area contributed by atoms with Crippen molar-refractivity contribution in [3.05, 3.63) is 35.9 Å². The Kier molecular flexibility index (Phi) is 14.1. The van der Waals surface area contributed by atoms with Gasteiger partial charge in [0.2, 0.25) is 0 Å². The average molecular weight is 822 g/mol. The van der Waals surface area contributed by atoms with Crippen LogP contribution in [0, 0.1) is 29.6 Å². The maximum atomic E-state index is 14.6. The smallest absolute Gasteiger partial charge is 0.407 e. The van der Waals surface area contributed by atoms with Crippen molar-refractivity contribution in [2.45, 2.75) is 179 Å². The van der Waals surface area contributed by atoms with Crippen LogP contribution < -0.4 is 5.32 Å². The summed E-state index contributed by atoms with van der Waals surface area (Å²) in [6, 6.07) is 8.87. The van der Waals surface area contributed by atoms with Crippen molar-refractivity contribution in [3.8, 4) is 0 Å². The summed E-state index contributed by atoms with van der Waals surface area (Å²) in [6.45, 7) is 16.7. The highest BCUT2D eigenvalue weighted by Crippen LogP contribution is 2.55. The molecule has 328 valence electrons. The molecule has 18 atom stereocenters. The molecular weight excluding hydrogens is 754 g/mol. The summed E-state index contributed by atoms with van der Waals surface area (Å²) in [5.41, 5.74) is -4.18. The van der Waals surface area contributed by atoms with E-state index in [1.54, 1.807) is 41.5 Å². The van der Waals surface area contributed by atoms with Gasteiger partial charge in [-0.2, -0.15) is 0 Å². The average Bonchev–Trinajstić information content (AvgIpc) is 3.16. The lowest BCUT2D eigenvalue weighted by atomic mass is 9.68. The van der Waals surface area contributed by atoms with Gasteiger partial charge in [0.05, 0.1) is 41.7 Å². The lowest BCUT2D eigenvalue weighted by Gasteiger charge is -2.62. The second kappa shape index (κ2) is 17.7. The summed E-state index contributed by atoms with van der Waals surface area (Å²) >= 11 is 0. The number of ether oxygens (including phenoxy) is 7. The van der Waals surface area contributed by atoms with Crippen LogP contribution in [0.3, 0.4) is 0 Å². The molecule has 15 heteroatoms. The number of ketones is 1. The Hall–Kier alpha value is -2.73. The highest BCUT2D eigenvalue weighted by atomic mass is 16.7. The van der Waals surface area contributed by atoms with Crippen LogP contribution in [0.5, 0.6) is 0 Å². The highest BCUT2D eigenvalue weighted by Gasteiger charge is 2.70. The summed E-state index contributed by atoms with van der Waals surface area (Å²) in [5.74, 6) is -6.92. The van der Waals surface area contributed by atoms with Crippen LogP contribution in [0.1, 0.15) is 100 Å². The molecule has 4 aliphatic rings. The first-order chi connectivity index (χ1) is 27.0. The van der Waals surface area contributed by atoms with E-state index in [0.29, 0.717) is 0 Å². The van der Waals surface area contributed by atoms with Crippen LogP contribution >= 0.6 is 0 Å². The van der Waals surface area contributed by atoms with Gasteiger partial charge in [0.25, 0.3) is 0 Å². The molecule has 1 spiro atoms. The number of alkyl carbamates (subject to hydrolysis) is 1. The zero-order chi connectivity index (χ0) is 43.1. The zero-order valence-electron chi connectivity index (χ0n) is 35.9. The van der Waals surface area contributed by atoms with E-state index in [4.69, 9.17) is 33.2 Å². The molecule has 1 amide bonds. The van der Waals surface area contributed by atoms with Crippen LogP contribution in [0.25, 0.3) is 0 Å². The summed E-state index contributed by atoms with van der Waals surface area (Å²) in [4.78, 5) is 41.5. The topological polar surface area (TPSA) is 209 Å². The highest BCUT2D eigenvalue weighted by molar-refractivity contribution is 5.83. The number of benzene rings is 1. The fourth-order valence-electron chi connectivity index (χ4n) is 9.73. The Bertz CT molecular complexity index is 1590. The van der Waals surface area contributed by atoms with Crippen molar-refractivity contribution in [1.82, 2.24) is 5.32 Å². The predicted octanol–water partition coefficient (Wildman–Crippen LogP) is 3.79. The van der Waals surface area contributed by atoms with Crippen molar-refractivity contribution >= 4 is 17.8 Å². The second-order valence-electron chi connectivity index (χ2n) is 18.1. The van der Waals surface area contributed by atoms with Crippen LogP contribution in [-0.4, -0.2) is 123 Å². The number of carbonyl (C=O) groups is 3. The van der Waals surface area contributed by atoms with E-state index in [0.717, 1.165) is 5.56 Å². The number of Topliss-reactive ketones (excluding diaryl/α,β-unsaturated/α-hetero) is 1. The Labute approximate surface area is 342 Å². The molecule has 0 aliphatic carbocycles. The molecule has 4 heterocycles. The number of hydrogen-bond donors (Lipinski definition) is 5. The maximum absolute atomic E-state index is 14.6. The first kappa shape index (κ1) is 46.3. The number of aliphatic hydroxyl groups is 4. The number of amides is 1. The molecule has 0 radical (unpaired) electrons. The second-order valence-corrected chi connectivity index (χ2v) is 18.1. The van der Waals surface area contributed by atoms with Crippen LogP contribution in [0.15, 0.2) is 30.3 Å². The Morgan fingerprint density at radius 3 is 2.21 bits per heavy atom. The molecule has 0 saturated carbocycles. The standard InChI is InChI=1S/C43H67NO14/c1-12-30-42(10,51)35(46)24(4)33(45)22(2)19-40(8,50)37(25(5)34-32(38(48)55-30)43(58-34)21-41(9,52-11)36(47)27(7)57-43)56-31-18-29(23(3)26(6)54-31)44-39(49)53-20-28-16-14-13-15-17-28/h13-17,22-27,29-32,34-37,46-47,50-51H,12,18-21H2,1-11H3,(H,44,49)/t22-,23?,24+,25+,26?,27?,29?,30-,31?,32-,34+,35-,36?,37-,40+,41?,42-,43?/m1/s1. The first-order valence-electron chi connectivity index (χ1n) is 20.8. The zero-order valence-corrected chi connectivity index (χ0v) is 35.9. The SMILES string of the molecule is CC[C@H]1OC(=O)[C@H]2[C@@H](OC23CC(C)(OC)C(O)C(C)O3)[C@H](C)[C@@H](OC2CC(NC(=O)OCc3ccccc3)C(C)C(C)O2)[C@@](C)(O)C[C@@H](C)C(=O)[C@H](C)[C@@H](O)[C@]1(C)O. The number of nitrogens with one attached hydrogen (secondary N) is 1. The van der Waals surface area contributed by atoms with Gasteiger partial charge in [0.15, 0.2) is 12.1 Å². The van der Waals surface area contributed by atoms with E-state index in [1.165, 1.54) is 21.0 Å². The van der Waals surface area contributed by atoms with Gasteiger partial charge in [-0.05, 0) is 53.0 Å². The van der Waals surface area contributed by atoms with Gasteiger partial charge in [-0.3, -0.25) is 9.59 Å². The van der Waals surface area contributed by atoms with E-state index in [1.807, 2.05) is 44.2 Å². The molecule has 0 aromatic heterocycles. The van der Waals surface area contributed by atoms with Crippen molar-refractivity contribution in [1.29, 1.82) is 0 Å². The third kappa shape index (κ3) is 9.13. The predicted molar refractivity (Wildman–Crippen MR) is 209 cm³/mol. The monoisotopic (exact) mass is 821 g/mol. The lowest BCUT2D eigenvalue weighted by Crippen LogP contribution is -2.75. The maximum Gasteiger partial charge on any atom is 0.407 e. The van der Waals surface area contributed by atoms with E-state index in [-0.39, 0.29) is 38.2 Å². The number of methoxy groups -OCH3 is 1. The molecule has 5 rings (SSSR count). The Balaban J connectivity index is 1.50. The molecule has 15 nitrogen and oxygen atoms in total. The summed E-state index contributed by atoms with van der Waals surface area (Å²) in [7, 11) is 1.45. The minimum Gasteiger partial charge on any atom is -0.459 e. The minimum absolute atomic E-state index is 0.0693. The number of rotatable bonds is 7.